The molecule has 2 rings (SSSR count). The summed E-state index contributed by atoms with van der Waals surface area (Å²) in [6.07, 6.45) is 0. The number of hydrogen-bond donors (Lipinski definition) is 3. The molecule has 0 aromatic rings. The molecule has 2 fully saturated rings. The third kappa shape index (κ3) is 0.961. The van der Waals surface area contributed by atoms with Crippen molar-refractivity contribution in [2.24, 2.45) is 0 Å². The van der Waals surface area contributed by atoms with E-state index in [9.17, 15) is 9.59 Å². The molecule has 2 saturated heterocycles. The van der Waals surface area contributed by atoms with Gasteiger partial charge in [-0.05, 0) is 0 Å². The highest BCUT2D eigenvalue weighted by Gasteiger charge is 2.42. The van der Waals surface area contributed by atoms with E-state index in [2.05, 4.69) is 16.1 Å². The molecular formula is C6H10N4O2. The zero-order valence-electron chi connectivity index (χ0n) is 6.63. The summed E-state index contributed by atoms with van der Waals surface area (Å²) in [5.74, 6) is -0.240. The average Bonchev–Trinajstić information content (AvgIpc) is 2.31. The van der Waals surface area contributed by atoms with Crippen molar-refractivity contribution >= 4 is 11.9 Å². The van der Waals surface area contributed by atoms with E-state index >= 15 is 0 Å². The molecule has 2 aliphatic heterocycles. The molecule has 0 saturated carbocycles. The molecule has 2 aliphatic rings. The summed E-state index contributed by atoms with van der Waals surface area (Å²) in [4.78, 5) is 22.1. The number of fused-ring (bicyclic) bond motifs is 1. The monoisotopic (exact) mass is 170 g/mol. The topological polar surface area (TPSA) is 73.5 Å². The molecule has 66 valence electrons. The zero-order chi connectivity index (χ0) is 8.72. The third-order valence-electron chi connectivity index (χ3n) is 2.18. The summed E-state index contributed by atoms with van der Waals surface area (Å²) in [6, 6.07) is -0.780. The van der Waals surface area contributed by atoms with Crippen LogP contribution >= 0.6 is 0 Å². The Morgan fingerprint density at radius 1 is 1.50 bits per heavy atom. The Balaban J connectivity index is 2.19. The largest absolute Gasteiger partial charge is 0.332 e. The molecule has 0 spiro atoms. The second-order valence-electron chi connectivity index (χ2n) is 2.99. The SMILES string of the molecule is CN1NCC2NC(=O)NC(=O)C21. The van der Waals surface area contributed by atoms with E-state index in [1.807, 2.05) is 0 Å². The van der Waals surface area contributed by atoms with Crippen molar-refractivity contribution in [1.29, 1.82) is 0 Å². The first-order chi connectivity index (χ1) is 5.68. The van der Waals surface area contributed by atoms with Crippen molar-refractivity contribution in [1.82, 2.24) is 21.1 Å². The van der Waals surface area contributed by atoms with Crippen molar-refractivity contribution in [2.45, 2.75) is 12.1 Å². The van der Waals surface area contributed by atoms with E-state index in [0.717, 1.165) is 0 Å². The van der Waals surface area contributed by atoms with E-state index in [-0.39, 0.29) is 18.0 Å². The molecule has 2 unspecified atom stereocenters. The summed E-state index contributed by atoms with van der Waals surface area (Å²) in [5.41, 5.74) is 2.97. The molecule has 0 aliphatic carbocycles. The molecule has 0 aromatic heterocycles. The minimum atomic E-state index is -0.404. The molecule has 0 bridgehead atoms. The Morgan fingerprint density at radius 3 is 3.00 bits per heavy atom. The number of imide groups is 1. The summed E-state index contributed by atoms with van der Waals surface area (Å²) < 4.78 is 0. The lowest BCUT2D eigenvalue weighted by atomic mass is 10.1. The molecular weight excluding hydrogens is 160 g/mol. The van der Waals surface area contributed by atoms with E-state index in [4.69, 9.17) is 0 Å². The van der Waals surface area contributed by atoms with Gasteiger partial charge in [-0.3, -0.25) is 15.5 Å². The van der Waals surface area contributed by atoms with Crippen LogP contribution in [0.3, 0.4) is 0 Å². The average molecular weight is 170 g/mol. The van der Waals surface area contributed by atoms with Crippen LogP contribution < -0.4 is 16.1 Å². The minimum Gasteiger partial charge on any atom is -0.332 e. The number of likely N-dealkylation sites (N-methyl/N-ethyl adjacent to an activating group) is 1. The van der Waals surface area contributed by atoms with Gasteiger partial charge in [0.1, 0.15) is 6.04 Å². The van der Waals surface area contributed by atoms with Crippen LogP contribution in [-0.4, -0.2) is 42.6 Å². The van der Waals surface area contributed by atoms with E-state index in [1.165, 1.54) is 0 Å². The predicted octanol–water partition coefficient (Wildman–Crippen LogP) is -1.99. The van der Waals surface area contributed by atoms with E-state index in [0.29, 0.717) is 6.54 Å². The number of hydrazine groups is 1. The van der Waals surface area contributed by atoms with Gasteiger partial charge in [0.25, 0.3) is 0 Å². The number of amides is 3. The number of nitrogens with zero attached hydrogens (tertiary/aromatic N) is 1. The predicted molar refractivity (Wildman–Crippen MR) is 40.0 cm³/mol. The molecule has 6 nitrogen and oxygen atoms in total. The highest BCUT2D eigenvalue weighted by Crippen LogP contribution is 2.10. The number of urea groups is 1. The van der Waals surface area contributed by atoms with Crippen LogP contribution in [0.2, 0.25) is 0 Å². The van der Waals surface area contributed by atoms with Gasteiger partial charge in [0.2, 0.25) is 5.91 Å². The number of carbonyl (C=O) groups excluding carboxylic acids is 2. The Morgan fingerprint density at radius 2 is 2.25 bits per heavy atom. The first-order valence-corrected chi connectivity index (χ1v) is 3.76. The van der Waals surface area contributed by atoms with Gasteiger partial charge in [0.15, 0.2) is 0 Å². The molecule has 2 heterocycles. The molecule has 3 N–H and O–H groups in total. The Hall–Kier alpha value is -1.14. The highest BCUT2D eigenvalue weighted by molar-refractivity contribution is 6.00. The standard InChI is InChI=1S/C6H10N4O2/c1-10-4-3(2-7-10)8-6(12)9-5(4)11/h3-4,7H,2H2,1H3,(H2,8,9,11,12). The highest BCUT2D eigenvalue weighted by atomic mass is 16.2. The van der Waals surface area contributed by atoms with Crippen molar-refractivity contribution in [3.8, 4) is 0 Å². The fourth-order valence-electron chi connectivity index (χ4n) is 1.60. The van der Waals surface area contributed by atoms with Crippen LogP contribution in [0.25, 0.3) is 0 Å². The van der Waals surface area contributed by atoms with E-state index < -0.39 is 6.03 Å². The van der Waals surface area contributed by atoms with Gasteiger partial charge in [0.05, 0.1) is 6.04 Å². The smallest absolute Gasteiger partial charge is 0.321 e. The molecule has 0 radical (unpaired) electrons. The number of carbonyl (C=O) groups is 2. The van der Waals surface area contributed by atoms with Gasteiger partial charge in [0, 0.05) is 13.6 Å². The maximum atomic E-state index is 11.2. The van der Waals surface area contributed by atoms with Crippen LogP contribution in [0.4, 0.5) is 4.79 Å². The fraction of sp³-hybridized carbons (Fsp3) is 0.667. The van der Waals surface area contributed by atoms with Gasteiger partial charge < -0.3 is 5.32 Å². The summed E-state index contributed by atoms with van der Waals surface area (Å²) in [7, 11) is 1.78. The van der Waals surface area contributed by atoms with Crippen LogP contribution in [0, 0.1) is 0 Å². The lowest BCUT2D eigenvalue weighted by molar-refractivity contribution is -0.125. The second-order valence-corrected chi connectivity index (χ2v) is 2.99. The first-order valence-electron chi connectivity index (χ1n) is 3.76. The van der Waals surface area contributed by atoms with Crippen LogP contribution in [0.5, 0.6) is 0 Å². The van der Waals surface area contributed by atoms with Gasteiger partial charge in [-0.25, -0.2) is 9.80 Å². The third-order valence-corrected chi connectivity index (χ3v) is 2.18. The van der Waals surface area contributed by atoms with Crippen LogP contribution in [-0.2, 0) is 4.79 Å². The van der Waals surface area contributed by atoms with Gasteiger partial charge in [-0.1, -0.05) is 0 Å². The lowest BCUT2D eigenvalue weighted by Crippen LogP contribution is -2.62. The fourth-order valence-corrected chi connectivity index (χ4v) is 1.60. The number of rotatable bonds is 0. The molecule has 0 aromatic carbocycles. The molecule has 12 heavy (non-hydrogen) atoms. The van der Waals surface area contributed by atoms with Crippen LogP contribution in [0.15, 0.2) is 0 Å². The molecule has 6 heteroatoms. The maximum absolute atomic E-state index is 11.2. The van der Waals surface area contributed by atoms with Crippen LogP contribution in [0.1, 0.15) is 0 Å². The van der Waals surface area contributed by atoms with E-state index in [1.54, 1.807) is 12.1 Å². The maximum Gasteiger partial charge on any atom is 0.321 e. The summed E-state index contributed by atoms with van der Waals surface area (Å²) in [6.45, 7) is 0.611. The van der Waals surface area contributed by atoms with Gasteiger partial charge >= 0.3 is 6.03 Å². The number of nitrogens with one attached hydrogen (secondary N) is 3. The molecule has 2 atom stereocenters. The zero-order valence-corrected chi connectivity index (χ0v) is 6.63. The minimum absolute atomic E-state index is 0.101. The normalized spacial score (nSPS) is 35.8. The Labute approximate surface area is 69.3 Å². The van der Waals surface area contributed by atoms with Gasteiger partial charge in [-0.2, -0.15) is 0 Å². The van der Waals surface area contributed by atoms with Crippen molar-refractivity contribution in [2.75, 3.05) is 13.6 Å². The number of hydrogen-bond acceptors (Lipinski definition) is 4. The van der Waals surface area contributed by atoms with Gasteiger partial charge in [-0.15, -0.1) is 0 Å². The van der Waals surface area contributed by atoms with Crippen molar-refractivity contribution in [3.63, 3.8) is 0 Å². The second kappa shape index (κ2) is 2.43. The molecule has 3 amide bonds. The Bertz CT molecular complexity index is 242. The lowest BCUT2D eigenvalue weighted by Gasteiger charge is -2.27. The Kier molecular flexibility index (Phi) is 1.52. The van der Waals surface area contributed by atoms with Crippen molar-refractivity contribution < 1.29 is 9.59 Å². The quantitative estimate of drug-likeness (QED) is 0.393. The van der Waals surface area contributed by atoms with Crippen molar-refractivity contribution in [3.05, 3.63) is 0 Å². The summed E-state index contributed by atoms with van der Waals surface area (Å²) >= 11 is 0. The first kappa shape index (κ1) is 7.51. The summed E-state index contributed by atoms with van der Waals surface area (Å²) in [5, 5.41) is 6.58.